The molecule has 0 saturated heterocycles. The molecule has 0 bridgehead atoms. The van der Waals surface area contributed by atoms with Gasteiger partial charge in [-0.25, -0.2) is 0 Å². The molecule has 1 aromatic carbocycles. The lowest BCUT2D eigenvalue weighted by atomic mass is 9.94. The first kappa shape index (κ1) is 18.5. The van der Waals surface area contributed by atoms with E-state index in [9.17, 15) is 0 Å². The molecular formula is C19H20Cl2N2O. The first-order valence-electron chi connectivity index (χ1n) is 7.82. The van der Waals surface area contributed by atoms with E-state index >= 15 is 0 Å². The first-order chi connectivity index (χ1) is 10.9. The van der Waals surface area contributed by atoms with Crippen LogP contribution in [0.5, 0.6) is 5.75 Å². The topological polar surface area (TPSA) is 34.5 Å². The van der Waals surface area contributed by atoms with Crippen LogP contribution in [0.2, 0.25) is 0 Å². The summed E-state index contributed by atoms with van der Waals surface area (Å²) in [6.45, 7) is 1.71. The number of pyridine rings is 1. The van der Waals surface area contributed by atoms with E-state index in [0.717, 1.165) is 49.4 Å². The number of halogens is 2. The van der Waals surface area contributed by atoms with Gasteiger partial charge in [-0.15, -0.1) is 24.8 Å². The molecule has 2 aliphatic heterocycles. The maximum absolute atomic E-state index is 5.58. The van der Waals surface area contributed by atoms with Crippen molar-refractivity contribution in [1.29, 1.82) is 0 Å². The molecule has 1 aromatic heterocycles. The maximum atomic E-state index is 5.58. The van der Waals surface area contributed by atoms with Crippen LogP contribution in [-0.2, 0) is 6.42 Å². The third-order valence-corrected chi connectivity index (χ3v) is 4.17. The Morgan fingerprint density at radius 2 is 2.00 bits per heavy atom. The average Bonchev–Trinajstić information content (AvgIpc) is 3.04. The fourth-order valence-electron chi connectivity index (χ4n) is 3.10. The highest BCUT2D eigenvalue weighted by atomic mass is 35.5. The number of benzene rings is 1. The summed E-state index contributed by atoms with van der Waals surface area (Å²) in [7, 11) is 0. The van der Waals surface area contributed by atoms with Gasteiger partial charge in [0.1, 0.15) is 5.75 Å². The molecule has 0 amide bonds. The minimum absolute atomic E-state index is 0. The molecule has 126 valence electrons. The number of allylic oxidation sites excluding steroid dienone is 1. The van der Waals surface area contributed by atoms with E-state index in [2.05, 4.69) is 35.3 Å². The molecular weight excluding hydrogens is 343 g/mol. The zero-order valence-electron chi connectivity index (χ0n) is 13.3. The van der Waals surface area contributed by atoms with Crippen LogP contribution in [0.15, 0.2) is 53.3 Å². The smallest absolute Gasteiger partial charge is 0.122 e. The summed E-state index contributed by atoms with van der Waals surface area (Å²) in [5, 5.41) is 0. The predicted octanol–water partition coefficient (Wildman–Crippen LogP) is 4.53. The van der Waals surface area contributed by atoms with Crippen LogP contribution in [0.1, 0.15) is 29.5 Å². The van der Waals surface area contributed by atoms with Crippen molar-refractivity contribution in [2.24, 2.45) is 4.99 Å². The standard InChI is InChI=1S/C19H18N2O.2ClH/c1-4-17(13-20-8-1)19-16(3-2-9-21-19)12-14-5-6-18-15(11-14)7-10-22-18;;/h1,4-6,8,11-13H,2-3,7,9-10H2;2*1H/b16-12+;;. The molecule has 5 heteroatoms. The highest BCUT2D eigenvalue weighted by molar-refractivity contribution is 6.15. The molecule has 2 aliphatic rings. The third kappa shape index (κ3) is 3.80. The van der Waals surface area contributed by atoms with Gasteiger partial charge in [0, 0.05) is 30.9 Å². The van der Waals surface area contributed by atoms with E-state index in [0.29, 0.717) is 0 Å². The Balaban J connectivity index is 0.00000104. The molecule has 2 aromatic rings. The van der Waals surface area contributed by atoms with E-state index in [1.54, 1.807) is 6.20 Å². The molecule has 3 heterocycles. The molecule has 0 radical (unpaired) electrons. The van der Waals surface area contributed by atoms with Gasteiger partial charge in [-0.2, -0.15) is 0 Å². The monoisotopic (exact) mass is 362 g/mol. The minimum atomic E-state index is 0. The Labute approximate surface area is 154 Å². The minimum Gasteiger partial charge on any atom is -0.493 e. The van der Waals surface area contributed by atoms with E-state index in [-0.39, 0.29) is 24.8 Å². The number of nitrogens with zero attached hydrogens (tertiary/aromatic N) is 2. The Hall–Kier alpha value is -1.84. The van der Waals surface area contributed by atoms with Crippen LogP contribution in [0.3, 0.4) is 0 Å². The number of rotatable bonds is 2. The van der Waals surface area contributed by atoms with Crippen LogP contribution in [0.4, 0.5) is 0 Å². The summed E-state index contributed by atoms with van der Waals surface area (Å²) < 4.78 is 5.58. The number of fused-ring (bicyclic) bond motifs is 1. The molecule has 24 heavy (non-hydrogen) atoms. The highest BCUT2D eigenvalue weighted by Crippen LogP contribution is 2.28. The molecule has 0 aliphatic carbocycles. The highest BCUT2D eigenvalue weighted by Gasteiger charge is 2.15. The lowest BCUT2D eigenvalue weighted by Gasteiger charge is -2.16. The van der Waals surface area contributed by atoms with Crippen LogP contribution in [0, 0.1) is 0 Å². The summed E-state index contributed by atoms with van der Waals surface area (Å²) in [6, 6.07) is 10.5. The van der Waals surface area contributed by atoms with Crippen molar-refractivity contribution >= 4 is 36.6 Å². The van der Waals surface area contributed by atoms with Crippen molar-refractivity contribution in [3.05, 3.63) is 65.0 Å². The van der Waals surface area contributed by atoms with Crippen molar-refractivity contribution in [2.75, 3.05) is 13.2 Å². The summed E-state index contributed by atoms with van der Waals surface area (Å²) in [5.41, 5.74) is 6.05. The Morgan fingerprint density at radius 3 is 2.83 bits per heavy atom. The van der Waals surface area contributed by atoms with Crippen molar-refractivity contribution < 1.29 is 4.74 Å². The Kier molecular flexibility index (Phi) is 6.41. The summed E-state index contributed by atoms with van der Waals surface area (Å²) in [6.07, 6.45) is 9.16. The molecule has 4 rings (SSSR count). The fourth-order valence-corrected chi connectivity index (χ4v) is 3.10. The van der Waals surface area contributed by atoms with Gasteiger partial charge in [-0.05, 0) is 59.9 Å². The van der Waals surface area contributed by atoms with Crippen molar-refractivity contribution in [2.45, 2.75) is 19.3 Å². The van der Waals surface area contributed by atoms with Gasteiger partial charge in [-0.3, -0.25) is 9.98 Å². The lowest BCUT2D eigenvalue weighted by Crippen LogP contribution is -2.11. The number of hydrogen-bond acceptors (Lipinski definition) is 3. The van der Waals surface area contributed by atoms with Crippen LogP contribution < -0.4 is 4.74 Å². The second-order valence-corrected chi connectivity index (χ2v) is 5.71. The summed E-state index contributed by atoms with van der Waals surface area (Å²) in [5.74, 6) is 1.03. The maximum Gasteiger partial charge on any atom is 0.122 e. The van der Waals surface area contributed by atoms with Crippen molar-refractivity contribution in [3.8, 4) is 5.75 Å². The quantitative estimate of drug-likeness (QED) is 0.786. The molecule has 0 spiro atoms. The van der Waals surface area contributed by atoms with Gasteiger partial charge < -0.3 is 4.74 Å². The van der Waals surface area contributed by atoms with Crippen LogP contribution >= 0.6 is 24.8 Å². The largest absolute Gasteiger partial charge is 0.493 e. The molecule has 3 nitrogen and oxygen atoms in total. The van der Waals surface area contributed by atoms with Gasteiger partial charge in [0.05, 0.1) is 12.3 Å². The SMILES string of the molecule is C(=C1/CCCN=C1c1cccnc1)/c1ccc2c(c1)CCO2.Cl.Cl. The second-order valence-electron chi connectivity index (χ2n) is 5.71. The average molecular weight is 363 g/mol. The zero-order chi connectivity index (χ0) is 14.8. The number of aliphatic imine (C=N–C) groups is 1. The normalized spacial score (nSPS) is 17.2. The Morgan fingerprint density at radius 1 is 1.08 bits per heavy atom. The molecule has 0 N–H and O–H groups in total. The molecule has 0 fully saturated rings. The van der Waals surface area contributed by atoms with E-state index in [1.807, 2.05) is 12.3 Å². The third-order valence-electron chi connectivity index (χ3n) is 4.17. The van der Waals surface area contributed by atoms with Gasteiger partial charge in [0.25, 0.3) is 0 Å². The van der Waals surface area contributed by atoms with E-state index in [4.69, 9.17) is 9.73 Å². The zero-order valence-corrected chi connectivity index (χ0v) is 14.9. The number of ether oxygens (including phenoxy) is 1. The van der Waals surface area contributed by atoms with Gasteiger partial charge in [0.2, 0.25) is 0 Å². The molecule has 0 unspecified atom stereocenters. The fraction of sp³-hybridized carbons (Fsp3) is 0.263. The number of aromatic nitrogens is 1. The Bertz CT molecular complexity index is 757. The van der Waals surface area contributed by atoms with Gasteiger partial charge in [-0.1, -0.05) is 6.07 Å². The van der Waals surface area contributed by atoms with Crippen LogP contribution in [-0.4, -0.2) is 23.8 Å². The molecule has 0 atom stereocenters. The van der Waals surface area contributed by atoms with Gasteiger partial charge >= 0.3 is 0 Å². The lowest BCUT2D eigenvalue weighted by molar-refractivity contribution is 0.357. The van der Waals surface area contributed by atoms with E-state index < -0.39 is 0 Å². The summed E-state index contributed by atoms with van der Waals surface area (Å²) >= 11 is 0. The first-order valence-corrected chi connectivity index (χ1v) is 7.82. The van der Waals surface area contributed by atoms with E-state index in [1.165, 1.54) is 16.7 Å². The number of hydrogen-bond donors (Lipinski definition) is 0. The molecule has 0 saturated carbocycles. The van der Waals surface area contributed by atoms with Crippen molar-refractivity contribution in [3.63, 3.8) is 0 Å². The summed E-state index contributed by atoms with van der Waals surface area (Å²) in [4.78, 5) is 8.96. The van der Waals surface area contributed by atoms with Crippen LogP contribution in [0.25, 0.3) is 6.08 Å². The van der Waals surface area contributed by atoms with Gasteiger partial charge in [0.15, 0.2) is 0 Å². The van der Waals surface area contributed by atoms with Crippen molar-refractivity contribution in [1.82, 2.24) is 4.98 Å². The second kappa shape index (κ2) is 8.32. The predicted molar refractivity (Wildman–Crippen MR) is 103 cm³/mol.